The fourth-order valence-electron chi connectivity index (χ4n) is 1.39. The highest BCUT2D eigenvalue weighted by atomic mass is 16.3. The minimum atomic E-state index is -0.0657. The van der Waals surface area contributed by atoms with E-state index in [0.717, 1.165) is 11.1 Å². The molecule has 0 saturated carbocycles. The highest BCUT2D eigenvalue weighted by Gasteiger charge is 2.08. The van der Waals surface area contributed by atoms with Crippen LogP contribution < -0.4 is 5.32 Å². The Kier molecular flexibility index (Phi) is 2.67. The Morgan fingerprint density at radius 2 is 2.27 bits per heavy atom. The van der Waals surface area contributed by atoms with Crippen LogP contribution in [0.5, 0.6) is 0 Å². The molecule has 1 aromatic carbocycles. The van der Waals surface area contributed by atoms with Gasteiger partial charge in [0.2, 0.25) is 11.8 Å². The molecule has 1 heterocycles. The molecule has 0 spiro atoms. The van der Waals surface area contributed by atoms with E-state index in [1.165, 1.54) is 0 Å². The van der Waals surface area contributed by atoms with E-state index >= 15 is 0 Å². The van der Waals surface area contributed by atoms with Gasteiger partial charge in [-0.2, -0.15) is 0 Å². The van der Waals surface area contributed by atoms with Crippen LogP contribution in [-0.4, -0.2) is 17.4 Å². The van der Waals surface area contributed by atoms with E-state index in [2.05, 4.69) is 10.3 Å². The van der Waals surface area contributed by atoms with Crippen molar-refractivity contribution in [2.75, 3.05) is 6.54 Å². The van der Waals surface area contributed by atoms with E-state index in [9.17, 15) is 4.79 Å². The lowest BCUT2D eigenvalue weighted by molar-refractivity contribution is -0.120. The first-order valence-corrected chi connectivity index (χ1v) is 4.90. The number of nitrogens with zero attached hydrogens (tertiary/aromatic N) is 1. The predicted molar refractivity (Wildman–Crippen MR) is 56.4 cm³/mol. The molecule has 0 saturated heterocycles. The van der Waals surface area contributed by atoms with Gasteiger partial charge in [-0.15, -0.1) is 0 Å². The lowest BCUT2D eigenvalue weighted by Crippen LogP contribution is -2.24. The zero-order valence-electron chi connectivity index (χ0n) is 8.49. The molecule has 4 nitrogen and oxygen atoms in total. The second kappa shape index (κ2) is 4.13. The van der Waals surface area contributed by atoms with Crippen molar-refractivity contribution in [3.8, 4) is 0 Å². The average molecular weight is 204 g/mol. The van der Waals surface area contributed by atoms with Crippen LogP contribution in [0.4, 0.5) is 0 Å². The molecule has 4 heteroatoms. The number of oxazole rings is 1. The first-order valence-electron chi connectivity index (χ1n) is 4.90. The number of amides is 1. The van der Waals surface area contributed by atoms with E-state index < -0.39 is 0 Å². The SMILES string of the molecule is CCNC(=O)Cc1nc2ccccc2o1. The number of rotatable bonds is 3. The molecule has 1 N–H and O–H groups in total. The molecule has 0 unspecified atom stereocenters. The van der Waals surface area contributed by atoms with Crippen LogP contribution in [0.1, 0.15) is 12.8 Å². The fraction of sp³-hybridized carbons (Fsp3) is 0.273. The third-order valence-corrected chi connectivity index (χ3v) is 2.02. The second-order valence-corrected chi connectivity index (χ2v) is 3.21. The minimum Gasteiger partial charge on any atom is -0.440 e. The molecule has 0 atom stereocenters. The molecule has 15 heavy (non-hydrogen) atoms. The molecule has 0 aliphatic heterocycles. The Morgan fingerprint density at radius 3 is 3.00 bits per heavy atom. The molecule has 2 rings (SSSR count). The van der Waals surface area contributed by atoms with Crippen molar-refractivity contribution < 1.29 is 9.21 Å². The van der Waals surface area contributed by atoms with Gasteiger partial charge in [-0.1, -0.05) is 12.1 Å². The number of para-hydroxylation sites is 2. The summed E-state index contributed by atoms with van der Waals surface area (Å²) in [6, 6.07) is 7.47. The van der Waals surface area contributed by atoms with Crippen molar-refractivity contribution in [1.29, 1.82) is 0 Å². The summed E-state index contributed by atoms with van der Waals surface area (Å²) in [5, 5.41) is 2.70. The van der Waals surface area contributed by atoms with Crippen molar-refractivity contribution in [3.63, 3.8) is 0 Å². The average Bonchev–Trinajstić information content (AvgIpc) is 2.59. The first kappa shape index (κ1) is 9.71. The van der Waals surface area contributed by atoms with Crippen LogP contribution in [0, 0.1) is 0 Å². The maximum absolute atomic E-state index is 11.3. The van der Waals surface area contributed by atoms with Crippen LogP contribution in [0.15, 0.2) is 28.7 Å². The van der Waals surface area contributed by atoms with Crippen LogP contribution in [0.2, 0.25) is 0 Å². The number of carbonyl (C=O) groups excluding carboxylic acids is 1. The molecule has 0 aliphatic rings. The Hall–Kier alpha value is -1.84. The Balaban J connectivity index is 2.18. The number of carbonyl (C=O) groups is 1. The zero-order valence-corrected chi connectivity index (χ0v) is 8.49. The van der Waals surface area contributed by atoms with E-state index in [1.807, 2.05) is 31.2 Å². The van der Waals surface area contributed by atoms with Crippen molar-refractivity contribution in [2.24, 2.45) is 0 Å². The molecule has 2 aromatic rings. The summed E-state index contributed by atoms with van der Waals surface area (Å²) in [4.78, 5) is 15.5. The number of nitrogens with one attached hydrogen (secondary N) is 1. The molecule has 0 aliphatic carbocycles. The van der Waals surface area contributed by atoms with Gasteiger partial charge in [-0.05, 0) is 19.1 Å². The maximum Gasteiger partial charge on any atom is 0.229 e. The van der Waals surface area contributed by atoms with Gasteiger partial charge in [0.1, 0.15) is 11.9 Å². The summed E-state index contributed by atoms with van der Waals surface area (Å²) in [5.41, 5.74) is 1.51. The zero-order chi connectivity index (χ0) is 10.7. The number of hydrogen-bond donors (Lipinski definition) is 1. The smallest absolute Gasteiger partial charge is 0.229 e. The van der Waals surface area contributed by atoms with E-state index in [0.29, 0.717) is 12.4 Å². The van der Waals surface area contributed by atoms with Gasteiger partial charge in [0.15, 0.2) is 5.58 Å². The Labute approximate surface area is 87.3 Å². The fourth-order valence-corrected chi connectivity index (χ4v) is 1.39. The summed E-state index contributed by atoms with van der Waals surface area (Å²) in [7, 11) is 0. The molecule has 0 bridgehead atoms. The van der Waals surface area contributed by atoms with Gasteiger partial charge >= 0.3 is 0 Å². The number of likely N-dealkylation sites (N-methyl/N-ethyl adjacent to an activating group) is 1. The lowest BCUT2D eigenvalue weighted by atomic mass is 10.3. The number of hydrogen-bond acceptors (Lipinski definition) is 3. The van der Waals surface area contributed by atoms with Crippen molar-refractivity contribution >= 4 is 17.0 Å². The van der Waals surface area contributed by atoms with Crippen LogP contribution in [0.3, 0.4) is 0 Å². The molecular formula is C11H12N2O2. The van der Waals surface area contributed by atoms with Gasteiger partial charge in [0.05, 0.1) is 0 Å². The van der Waals surface area contributed by atoms with Gasteiger partial charge in [0.25, 0.3) is 0 Å². The highest BCUT2D eigenvalue weighted by molar-refractivity contribution is 5.79. The largest absolute Gasteiger partial charge is 0.440 e. The molecule has 1 aromatic heterocycles. The van der Waals surface area contributed by atoms with Gasteiger partial charge < -0.3 is 9.73 Å². The second-order valence-electron chi connectivity index (χ2n) is 3.21. The monoisotopic (exact) mass is 204 g/mol. The van der Waals surface area contributed by atoms with Crippen molar-refractivity contribution in [1.82, 2.24) is 10.3 Å². The quantitative estimate of drug-likeness (QED) is 0.824. The summed E-state index contributed by atoms with van der Waals surface area (Å²) in [6.07, 6.45) is 0.197. The Bertz CT molecular complexity index is 443. The maximum atomic E-state index is 11.3. The first-order chi connectivity index (χ1) is 7.29. The third-order valence-electron chi connectivity index (χ3n) is 2.02. The van der Waals surface area contributed by atoms with Crippen molar-refractivity contribution in [2.45, 2.75) is 13.3 Å². The molecule has 0 radical (unpaired) electrons. The van der Waals surface area contributed by atoms with Crippen LogP contribution in [0.25, 0.3) is 11.1 Å². The number of fused-ring (bicyclic) bond motifs is 1. The van der Waals surface area contributed by atoms with Gasteiger partial charge in [-0.25, -0.2) is 4.98 Å². The summed E-state index contributed by atoms with van der Waals surface area (Å²) < 4.78 is 5.41. The molecule has 0 fully saturated rings. The van der Waals surface area contributed by atoms with Gasteiger partial charge in [-0.3, -0.25) is 4.79 Å². The molecule has 1 amide bonds. The number of benzene rings is 1. The molecule has 78 valence electrons. The number of aromatic nitrogens is 1. The minimum absolute atomic E-state index is 0.0657. The third kappa shape index (κ3) is 2.15. The standard InChI is InChI=1S/C11H12N2O2/c1-2-12-10(14)7-11-13-8-5-3-4-6-9(8)15-11/h3-6H,2,7H2,1H3,(H,12,14). The molecular weight excluding hydrogens is 192 g/mol. The topological polar surface area (TPSA) is 55.1 Å². The van der Waals surface area contributed by atoms with E-state index in [-0.39, 0.29) is 12.3 Å². The van der Waals surface area contributed by atoms with Crippen LogP contribution in [-0.2, 0) is 11.2 Å². The summed E-state index contributed by atoms with van der Waals surface area (Å²) >= 11 is 0. The summed E-state index contributed by atoms with van der Waals surface area (Å²) in [5.74, 6) is 0.395. The van der Waals surface area contributed by atoms with Crippen LogP contribution >= 0.6 is 0 Å². The normalized spacial score (nSPS) is 10.5. The lowest BCUT2D eigenvalue weighted by Gasteiger charge is -1.96. The van der Waals surface area contributed by atoms with E-state index in [1.54, 1.807) is 0 Å². The van der Waals surface area contributed by atoms with Gasteiger partial charge in [0, 0.05) is 6.54 Å². The highest BCUT2D eigenvalue weighted by Crippen LogP contribution is 2.14. The summed E-state index contributed by atoms with van der Waals surface area (Å²) in [6.45, 7) is 2.50. The van der Waals surface area contributed by atoms with E-state index in [4.69, 9.17) is 4.42 Å². The Morgan fingerprint density at radius 1 is 1.47 bits per heavy atom. The van der Waals surface area contributed by atoms with Crippen molar-refractivity contribution in [3.05, 3.63) is 30.2 Å². The predicted octanol–water partition coefficient (Wildman–Crippen LogP) is 1.51.